The summed E-state index contributed by atoms with van der Waals surface area (Å²) in [4.78, 5) is 16.9. The summed E-state index contributed by atoms with van der Waals surface area (Å²) in [5.74, 6) is 0. The van der Waals surface area contributed by atoms with Gasteiger partial charge in [-0.05, 0) is 0 Å². The van der Waals surface area contributed by atoms with Gasteiger partial charge < -0.3 is 30.8 Å². The SMILES string of the molecule is O=P(O)(O)C(O)(CO)CCO.[H-].[H-].[H-].[H-].[Na+].[Na+].[Na+].[Na+]. The van der Waals surface area contributed by atoms with E-state index < -0.39 is 32.6 Å². The van der Waals surface area contributed by atoms with Crippen LogP contribution in [0.15, 0.2) is 0 Å². The third-order valence-electron chi connectivity index (χ3n) is 1.31. The molecule has 0 aromatic heterocycles. The average Bonchev–Trinajstić information content (AvgIpc) is 1.86. The van der Waals surface area contributed by atoms with Crippen LogP contribution in [0.4, 0.5) is 0 Å². The Balaban J connectivity index is -0.0000000179. The molecule has 0 aliphatic carbocycles. The molecule has 11 heteroatoms. The molecule has 1 atom stereocenters. The molecule has 0 aliphatic heterocycles. The molecule has 0 saturated carbocycles. The van der Waals surface area contributed by atoms with E-state index in [4.69, 9.17) is 25.1 Å². The normalized spacial score (nSPS) is 13.1. The van der Waals surface area contributed by atoms with Gasteiger partial charge in [-0.1, -0.05) is 0 Å². The Morgan fingerprint density at radius 1 is 1.07 bits per heavy atom. The van der Waals surface area contributed by atoms with Gasteiger partial charge in [-0.15, -0.1) is 0 Å². The molecule has 0 saturated heterocycles. The van der Waals surface area contributed by atoms with Crippen molar-refractivity contribution < 1.29 is 154 Å². The maximum Gasteiger partial charge on any atom is 1.00 e. The van der Waals surface area contributed by atoms with Crippen LogP contribution in [0.2, 0.25) is 0 Å². The molecule has 0 radical (unpaired) electrons. The van der Waals surface area contributed by atoms with Gasteiger partial charge in [0.05, 0.1) is 6.61 Å². The fourth-order valence-corrected chi connectivity index (χ4v) is 1.07. The predicted molar refractivity (Wildman–Crippen MR) is 40.2 cm³/mol. The number of aliphatic hydroxyl groups excluding tert-OH is 2. The molecule has 1 unspecified atom stereocenters. The third-order valence-corrected chi connectivity index (χ3v) is 2.76. The van der Waals surface area contributed by atoms with Crippen LogP contribution in [0.5, 0.6) is 0 Å². The number of hydrogen-bond donors (Lipinski definition) is 5. The zero-order chi connectivity index (χ0) is 9.12. The zero-order valence-electron chi connectivity index (χ0n) is 13.7. The second kappa shape index (κ2) is 14.4. The van der Waals surface area contributed by atoms with Gasteiger partial charge in [-0.3, -0.25) is 4.57 Å². The predicted octanol–water partition coefficient (Wildman–Crippen LogP) is -13.3. The molecule has 15 heavy (non-hydrogen) atoms. The molecular formula is C4H15Na4O6P. The van der Waals surface area contributed by atoms with Gasteiger partial charge in [0.15, 0.2) is 5.34 Å². The molecule has 0 bridgehead atoms. The Bertz CT molecular complexity index is 191. The molecule has 0 aliphatic rings. The van der Waals surface area contributed by atoms with Crippen molar-refractivity contribution in [2.45, 2.75) is 11.8 Å². The average molecular weight is 282 g/mol. The van der Waals surface area contributed by atoms with Crippen LogP contribution in [0.1, 0.15) is 12.1 Å². The summed E-state index contributed by atoms with van der Waals surface area (Å²) < 4.78 is 10.4. The van der Waals surface area contributed by atoms with Gasteiger partial charge >= 0.3 is 126 Å². The zero-order valence-corrected chi connectivity index (χ0v) is 18.6. The van der Waals surface area contributed by atoms with Crippen molar-refractivity contribution >= 4 is 7.60 Å². The van der Waals surface area contributed by atoms with Crippen molar-refractivity contribution in [3.8, 4) is 0 Å². The van der Waals surface area contributed by atoms with E-state index in [2.05, 4.69) is 0 Å². The van der Waals surface area contributed by atoms with Gasteiger partial charge in [-0.25, -0.2) is 0 Å². The van der Waals surface area contributed by atoms with Crippen LogP contribution in [0, 0.1) is 0 Å². The summed E-state index contributed by atoms with van der Waals surface area (Å²) in [6.45, 7) is -1.67. The summed E-state index contributed by atoms with van der Waals surface area (Å²) in [6, 6.07) is 0. The quantitative estimate of drug-likeness (QED) is 0.258. The van der Waals surface area contributed by atoms with E-state index in [9.17, 15) is 4.57 Å². The third kappa shape index (κ3) is 11.5. The van der Waals surface area contributed by atoms with Crippen molar-refractivity contribution in [2.75, 3.05) is 13.2 Å². The summed E-state index contributed by atoms with van der Waals surface area (Å²) >= 11 is 0. The molecule has 0 fully saturated rings. The first-order valence-corrected chi connectivity index (χ1v) is 4.48. The fourth-order valence-electron chi connectivity index (χ4n) is 0.496. The number of aliphatic hydroxyl groups is 3. The van der Waals surface area contributed by atoms with Crippen LogP contribution < -0.4 is 118 Å². The van der Waals surface area contributed by atoms with Crippen molar-refractivity contribution in [3.05, 3.63) is 0 Å². The summed E-state index contributed by atoms with van der Waals surface area (Å²) in [5.41, 5.74) is 0. The second-order valence-corrected chi connectivity index (χ2v) is 4.08. The Hall–Kier alpha value is 4.03. The molecule has 0 rings (SSSR count). The first-order valence-electron chi connectivity index (χ1n) is 2.87. The van der Waals surface area contributed by atoms with E-state index in [1.54, 1.807) is 0 Å². The molecule has 6 nitrogen and oxygen atoms in total. The number of hydrogen-bond acceptors (Lipinski definition) is 4. The van der Waals surface area contributed by atoms with Gasteiger partial charge in [0, 0.05) is 13.0 Å². The first kappa shape index (κ1) is 31.4. The maximum atomic E-state index is 10.4. The van der Waals surface area contributed by atoms with E-state index in [0.717, 1.165) is 0 Å². The van der Waals surface area contributed by atoms with Crippen LogP contribution in [-0.2, 0) is 4.57 Å². The van der Waals surface area contributed by atoms with Gasteiger partial charge in [0.1, 0.15) is 0 Å². The van der Waals surface area contributed by atoms with Crippen molar-refractivity contribution in [2.24, 2.45) is 0 Å². The van der Waals surface area contributed by atoms with Crippen molar-refractivity contribution in [1.29, 1.82) is 0 Å². The van der Waals surface area contributed by atoms with Crippen LogP contribution in [-0.4, -0.2) is 43.7 Å². The molecule has 0 spiro atoms. The fraction of sp³-hybridized carbons (Fsp3) is 1.00. The van der Waals surface area contributed by atoms with E-state index in [1.165, 1.54) is 0 Å². The molecule has 5 N–H and O–H groups in total. The standard InChI is InChI=1S/C4H11O6P.4Na.4H/c5-2-1-4(7,3-6)11(8,9)10;;;;;;;;/h5-7H,1-3H2,(H2,8,9,10);;;;;;;;/q;4*+1;4*-1. The molecule has 76 valence electrons. The minimum atomic E-state index is -4.76. The largest absolute Gasteiger partial charge is 1.00 e. The minimum absolute atomic E-state index is 0. The maximum absolute atomic E-state index is 10.4. The van der Waals surface area contributed by atoms with E-state index in [0.29, 0.717) is 0 Å². The summed E-state index contributed by atoms with van der Waals surface area (Å²) in [6.07, 6.45) is -0.548. The molecule has 0 heterocycles. The molecule has 0 aromatic carbocycles. The Labute approximate surface area is 183 Å². The van der Waals surface area contributed by atoms with Gasteiger partial charge in [0.25, 0.3) is 0 Å². The molecular weight excluding hydrogens is 267 g/mol. The van der Waals surface area contributed by atoms with E-state index >= 15 is 0 Å². The smallest absolute Gasteiger partial charge is 1.00 e. The van der Waals surface area contributed by atoms with Gasteiger partial charge in [0.2, 0.25) is 0 Å². The van der Waals surface area contributed by atoms with Crippen LogP contribution in [0.3, 0.4) is 0 Å². The monoisotopic (exact) mass is 282 g/mol. The number of rotatable bonds is 4. The Morgan fingerprint density at radius 2 is 1.40 bits per heavy atom. The Kier molecular flexibility index (Phi) is 30.3. The van der Waals surface area contributed by atoms with Crippen LogP contribution >= 0.6 is 7.60 Å². The van der Waals surface area contributed by atoms with Crippen molar-refractivity contribution in [3.63, 3.8) is 0 Å². The molecule has 0 amide bonds. The summed E-state index contributed by atoms with van der Waals surface area (Å²) in [5, 5.41) is 23.2. The minimum Gasteiger partial charge on any atom is -1.00 e. The first-order chi connectivity index (χ1) is 4.87. The van der Waals surface area contributed by atoms with Crippen LogP contribution in [0.25, 0.3) is 0 Å². The Morgan fingerprint density at radius 3 is 1.47 bits per heavy atom. The summed E-state index contributed by atoms with van der Waals surface area (Å²) in [7, 11) is -4.76. The van der Waals surface area contributed by atoms with Crippen molar-refractivity contribution in [1.82, 2.24) is 0 Å². The second-order valence-electron chi connectivity index (χ2n) is 2.16. The van der Waals surface area contributed by atoms with Gasteiger partial charge in [-0.2, -0.15) is 0 Å². The molecule has 0 aromatic rings. The van der Waals surface area contributed by atoms with E-state index in [1.807, 2.05) is 0 Å². The van der Waals surface area contributed by atoms with E-state index in [-0.39, 0.29) is 124 Å². The topological polar surface area (TPSA) is 118 Å².